The minimum atomic E-state index is -0.882. The first-order valence-corrected chi connectivity index (χ1v) is 8.61. The van der Waals surface area contributed by atoms with Crippen LogP contribution >= 0.6 is 0 Å². The van der Waals surface area contributed by atoms with Crippen LogP contribution in [-0.4, -0.2) is 36.5 Å². The summed E-state index contributed by atoms with van der Waals surface area (Å²) in [6.07, 6.45) is 1.53. The molecule has 3 rings (SSSR count). The molecule has 0 fully saturated rings. The van der Waals surface area contributed by atoms with E-state index in [-0.39, 0.29) is 5.75 Å². The minimum absolute atomic E-state index is 0.212. The van der Waals surface area contributed by atoms with Crippen molar-refractivity contribution in [1.29, 1.82) is 0 Å². The van der Waals surface area contributed by atoms with Crippen molar-refractivity contribution in [2.45, 2.75) is 6.54 Å². The fraction of sp³-hybridized carbons (Fsp3) is 0.200. The van der Waals surface area contributed by atoms with Crippen molar-refractivity contribution >= 4 is 11.7 Å². The summed E-state index contributed by atoms with van der Waals surface area (Å²) < 4.78 is 43.9. The number of nitrogens with one attached hydrogen (secondary N) is 1. The van der Waals surface area contributed by atoms with E-state index in [2.05, 4.69) is 10.4 Å². The van der Waals surface area contributed by atoms with Crippen LogP contribution in [0.5, 0.6) is 17.2 Å². The minimum Gasteiger partial charge on any atom is -0.493 e. The van der Waals surface area contributed by atoms with Gasteiger partial charge < -0.3 is 19.5 Å². The van der Waals surface area contributed by atoms with E-state index in [1.54, 1.807) is 31.0 Å². The van der Waals surface area contributed by atoms with Gasteiger partial charge in [-0.25, -0.2) is 13.5 Å². The Bertz CT molecular complexity index is 1010. The molecule has 0 atom stereocenters. The molecule has 1 amide bonds. The second-order valence-electron chi connectivity index (χ2n) is 5.94. The van der Waals surface area contributed by atoms with Crippen LogP contribution < -0.4 is 19.5 Å². The van der Waals surface area contributed by atoms with Crippen molar-refractivity contribution in [2.75, 3.05) is 26.1 Å². The zero-order valence-corrected chi connectivity index (χ0v) is 15.8. The first-order chi connectivity index (χ1) is 14.0. The Kier molecular flexibility index (Phi) is 6.28. The van der Waals surface area contributed by atoms with Crippen molar-refractivity contribution in [3.63, 3.8) is 0 Å². The van der Waals surface area contributed by atoms with Gasteiger partial charge in [-0.05, 0) is 18.2 Å². The molecule has 152 valence electrons. The molecule has 2 aromatic carbocycles. The fourth-order valence-corrected chi connectivity index (χ4v) is 2.72. The first kappa shape index (κ1) is 20.1. The molecule has 0 bridgehead atoms. The van der Waals surface area contributed by atoms with Crippen molar-refractivity contribution in [3.05, 3.63) is 65.9 Å². The monoisotopic (exact) mass is 403 g/mol. The van der Waals surface area contributed by atoms with Crippen LogP contribution in [0.2, 0.25) is 0 Å². The standard InChI is InChI=1S/C20H19F2N3O4/c1-27-17-5-3-4-13(20(17)28-2)11-25-18(8-9-23-25)24-19(26)12-29-16-7-6-14(21)10-15(16)22/h3-10H,11-12H2,1-2H3,(H,24,26). The molecule has 0 saturated carbocycles. The smallest absolute Gasteiger partial charge is 0.263 e. The van der Waals surface area contributed by atoms with Crippen LogP contribution in [0.4, 0.5) is 14.6 Å². The van der Waals surface area contributed by atoms with Crippen LogP contribution in [0.25, 0.3) is 0 Å². The molecule has 0 aliphatic heterocycles. The van der Waals surface area contributed by atoms with Crippen LogP contribution in [0.3, 0.4) is 0 Å². The molecule has 0 saturated heterocycles. The van der Waals surface area contributed by atoms with Crippen molar-refractivity contribution in [3.8, 4) is 17.2 Å². The zero-order valence-electron chi connectivity index (χ0n) is 15.8. The summed E-state index contributed by atoms with van der Waals surface area (Å²) in [6, 6.07) is 9.93. The molecule has 0 radical (unpaired) electrons. The van der Waals surface area contributed by atoms with E-state index in [1.165, 1.54) is 6.20 Å². The maximum Gasteiger partial charge on any atom is 0.263 e. The Balaban J connectivity index is 1.67. The van der Waals surface area contributed by atoms with Crippen molar-refractivity contribution in [1.82, 2.24) is 9.78 Å². The molecular formula is C20H19F2N3O4. The normalized spacial score (nSPS) is 10.5. The summed E-state index contributed by atoms with van der Waals surface area (Å²) in [7, 11) is 3.09. The highest BCUT2D eigenvalue weighted by atomic mass is 19.1. The zero-order chi connectivity index (χ0) is 20.8. The molecule has 1 heterocycles. The van der Waals surface area contributed by atoms with Gasteiger partial charge in [-0.15, -0.1) is 0 Å². The fourth-order valence-electron chi connectivity index (χ4n) is 2.72. The highest BCUT2D eigenvalue weighted by molar-refractivity contribution is 5.91. The Hall–Kier alpha value is -3.62. The first-order valence-electron chi connectivity index (χ1n) is 8.61. The number of nitrogens with zero attached hydrogens (tertiary/aromatic N) is 2. The van der Waals surface area contributed by atoms with Gasteiger partial charge in [0.25, 0.3) is 5.91 Å². The topological polar surface area (TPSA) is 74.6 Å². The van der Waals surface area contributed by atoms with Gasteiger partial charge in [-0.1, -0.05) is 12.1 Å². The maximum atomic E-state index is 13.6. The van der Waals surface area contributed by atoms with Crippen molar-refractivity contribution in [2.24, 2.45) is 0 Å². The SMILES string of the molecule is COc1cccc(Cn2nccc2NC(=O)COc2ccc(F)cc2F)c1OC. The second kappa shape index (κ2) is 9.05. The number of amides is 1. The van der Waals surface area contributed by atoms with Crippen LogP contribution in [0, 0.1) is 11.6 Å². The number of carbonyl (C=O) groups excluding carboxylic acids is 1. The van der Waals surface area contributed by atoms with E-state index in [4.69, 9.17) is 14.2 Å². The van der Waals surface area contributed by atoms with Gasteiger partial charge in [0.1, 0.15) is 11.6 Å². The number of benzene rings is 2. The molecule has 0 aliphatic rings. The van der Waals surface area contributed by atoms with Crippen LogP contribution in [-0.2, 0) is 11.3 Å². The molecular weight excluding hydrogens is 384 g/mol. The van der Waals surface area contributed by atoms with Gasteiger partial charge >= 0.3 is 0 Å². The quantitative estimate of drug-likeness (QED) is 0.625. The van der Waals surface area contributed by atoms with E-state index < -0.39 is 24.1 Å². The Labute approximate surface area is 165 Å². The lowest BCUT2D eigenvalue weighted by molar-refractivity contribution is -0.118. The van der Waals surface area contributed by atoms with E-state index in [0.717, 1.165) is 17.7 Å². The maximum absolute atomic E-state index is 13.6. The van der Waals surface area contributed by atoms with E-state index >= 15 is 0 Å². The summed E-state index contributed by atoms with van der Waals surface area (Å²) in [4.78, 5) is 12.2. The molecule has 0 spiro atoms. The molecule has 0 aliphatic carbocycles. The molecule has 1 aromatic heterocycles. The van der Waals surface area contributed by atoms with Gasteiger partial charge in [0.15, 0.2) is 29.7 Å². The number of methoxy groups -OCH3 is 2. The lowest BCUT2D eigenvalue weighted by atomic mass is 10.2. The molecule has 3 aromatic rings. The lowest BCUT2D eigenvalue weighted by Crippen LogP contribution is -2.22. The number of anilines is 1. The predicted molar refractivity (Wildman–Crippen MR) is 101 cm³/mol. The summed E-state index contributed by atoms with van der Waals surface area (Å²) in [5.41, 5.74) is 0.802. The third-order valence-electron chi connectivity index (χ3n) is 4.04. The largest absolute Gasteiger partial charge is 0.493 e. The van der Waals surface area contributed by atoms with E-state index in [0.29, 0.717) is 29.9 Å². The van der Waals surface area contributed by atoms with Gasteiger partial charge in [0.05, 0.1) is 27.0 Å². The number of halogens is 2. The highest BCUT2D eigenvalue weighted by Crippen LogP contribution is 2.31. The number of hydrogen-bond donors (Lipinski definition) is 1. The Morgan fingerprint density at radius 1 is 1.10 bits per heavy atom. The van der Waals surface area contributed by atoms with Gasteiger partial charge in [0.2, 0.25) is 0 Å². The van der Waals surface area contributed by atoms with Gasteiger partial charge in [-0.3, -0.25) is 4.79 Å². The van der Waals surface area contributed by atoms with Crippen LogP contribution in [0.1, 0.15) is 5.56 Å². The average Bonchev–Trinajstić information content (AvgIpc) is 3.13. The number of para-hydroxylation sites is 1. The number of hydrogen-bond acceptors (Lipinski definition) is 5. The molecule has 7 nitrogen and oxygen atoms in total. The lowest BCUT2D eigenvalue weighted by Gasteiger charge is -2.14. The Morgan fingerprint density at radius 2 is 1.93 bits per heavy atom. The summed E-state index contributed by atoms with van der Waals surface area (Å²) in [5.74, 6) is -0.771. The van der Waals surface area contributed by atoms with E-state index in [1.807, 2.05) is 12.1 Å². The summed E-state index contributed by atoms with van der Waals surface area (Å²) in [5, 5.41) is 6.85. The molecule has 9 heteroatoms. The predicted octanol–water partition coefficient (Wildman–Crippen LogP) is 3.24. The number of ether oxygens (including phenoxy) is 3. The van der Waals surface area contributed by atoms with Crippen molar-refractivity contribution < 1.29 is 27.8 Å². The van der Waals surface area contributed by atoms with Gasteiger partial charge in [0, 0.05) is 17.7 Å². The third kappa shape index (κ3) is 4.81. The van der Waals surface area contributed by atoms with Gasteiger partial charge in [-0.2, -0.15) is 5.10 Å². The summed E-state index contributed by atoms with van der Waals surface area (Å²) in [6.45, 7) is -0.132. The molecule has 1 N–H and O–H groups in total. The second-order valence-corrected chi connectivity index (χ2v) is 5.94. The third-order valence-corrected chi connectivity index (χ3v) is 4.04. The average molecular weight is 403 g/mol. The number of rotatable bonds is 8. The molecule has 0 unspecified atom stereocenters. The van der Waals surface area contributed by atoms with E-state index in [9.17, 15) is 13.6 Å². The van der Waals surface area contributed by atoms with Crippen LogP contribution in [0.15, 0.2) is 48.7 Å². The highest BCUT2D eigenvalue weighted by Gasteiger charge is 2.14. The Morgan fingerprint density at radius 3 is 2.66 bits per heavy atom. The number of aromatic nitrogens is 2. The summed E-state index contributed by atoms with van der Waals surface area (Å²) >= 11 is 0. The number of carbonyl (C=O) groups is 1. The molecule has 29 heavy (non-hydrogen) atoms.